The Morgan fingerprint density at radius 2 is 2.06 bits per heavy atom. The number of nitrogens with zero attached hydrogens (tertiary/aromatic N) is 3. The Hall–Kier alpha value is -2.38. The summed E-state index contributed by atoms with van der Waals surface area (Å²) >= 11 is 0. The van der Waals surface area contributed by atoms with Crippen LogP contribution in [0.1, 0.15) is 43.6 Å². The van der Waals surface area contributed by atoms with Crippen molar-refractivity contribution < 1.29 is 9.15 Å². The lowest BCUT2D eigenvalue weighted by Crippen LogP contribution is -2.49. The number of aromatic nitrogens is 1. The highest BCUT2D eigenvalue weighted by atomic mass is 16.5. The highest BCUT2D eigenvalue weighted by Crippen LogP contribution is 2.14. The number of pyridine rings is 1. The molecule has 7 heteroatoms. The topological polar surface area (TPSA) is 74.9 Å². The summed E-state index contributed by atoms with van der Waals surface area (Å²) in [5, 5.41) is 7.17. The van der Waals surface area contributed by atoms with Crippen molar-refractivity contribution in [2.24, 2.45) is 4.99 Å². The van der Waals surface area contributed by atoms with Crippen molar-refractivity contribution in [3.05, 3.63) is 54.2 Å². The molecule has 2 aliphatic rings. The van der Waals surface area contributed by atoms with Gasteiger partial charge >= 0.3 is 0 Å². The molecule has 4 rings (SSSR count). The SMILES string of the molecule is c1ccc(CN2CCC(NC(=NCC3CCCCO3)NCCc3ccco3)CC2)nc1. The molecule has 0 bridgehead atoms. The number of likely N-dealkylation sites (tertiary alicyclic amines) is 1. The van der Waals surface area contributed by atoms with Gasteiger partial charge in [0.15, 0.2) is 5.96 Å². The molecule has 0 saturated carbocycles. The van der Waals surface area contributed by atoms with Gasteiger partial charge in [0.1, 0.15) is 5.76 Å². The zero-order valence-corrected chi connectivity index (χ0v) is 18.3. The van der Waals surface area contributed by atoms with E-state index >= 15 is 0 Å². The van der Waals surface area contributed by atoms with Crippen LogP contribution in [0.4, 0.5) is 0 Å². The van der Waals surface area contributed by atoms with Crippen molar-refractivity contribution in [2.75, 3.05) is 32.8 Å². The summed E-state index contributed by atoms with van der Waals surface area (Å²) < 4.78 is 11.3. The van der Waals surface area contributed by atoms with Gasteiger partial charge in [-0.3, -0.25) is 14.9 Å². The third kappa shape index (κ3) is 7.36. The summed E-state index contributed by atoms with van der Waals surface area (Å²) in [4.78, 5) is 11.8. The second-order valence-electron chi connectivity index (χ2n) is 8.45. The van der Waals surface area contributed by atoms with Crippen LogP contribution >= 0.6 is 0 Å². The lowest BCUT2D eigenvalue weighted by atomic mass is 10.0. The molecule has 0 radical (unpaired) electrons. The van der Waals surface area contributed by atoms with Crippen LogP contribution in [0.5, 0.6) is 0 Å². The minimum atomic E-state index is 0.248. The maximum Gasteiger partial charge on any atom is 0.191 e. The number of ether oxygens (including phenoxy) is 1. The first-order chi connectivity index (χ1) is 15.3. The standard InChI is InChI=1S/C24H35N5O2/c1-3-12-25-21(6-1)19-29-14-10-20(11-15-29)28-24(26-13-9-22-8-5-17-30-22)27-18-23-7-2-4-16-31-23/h1,3,5-6,8,12,17,20,23H,2,4,7,9-11,13-16,18-19H2,(H2,26,27,28). The Balaban J connectivity index is 1.26. The van der Waals surface area contributed by atoms with Gasteiger partial charge in [-0.1, -0.05) is 6.07 Å². The lowest BCUT2D eigenvalue weighted by Gasteiger charge is -2.33. The molecule has 31 heavy (non-hydrogen) atoms. The van der Waals surface area contributed by atoms with Crippen molar-refractivity contribution in [1.29, 1.82) is 0 Å². The molecule has 2 aromatic rings. The first-order valence-corrected chi connectivity index (χ1v) is 11.7. The Morgan fingerprint density at radius 1 is 1.13 bits per heavy atom. The summed E-state index contributed by atoms with van der Waals surface area (Å²) in [6.45, 7) is 5.44. The normalized spacial score (nSPS) is 21.2. The molecule has 0 aliphatic carbocycles. The quantitative estimate of drug-likeness (QED) is 0.500. The molecule has 1 atom stereocenters. The molecule has 2 fully saturated rings. The Kier molecular flexibility index (Phi) is 8.36. The third-order valence-electron chi connectivity index (χ3n) is 6.01. The van der Waals surface area contributed by atoms with Gasteiger partial charge in [-0.15, -0.1) is 0 Å². The van der Waals surface area contributed by atoms with Crippen LogP contribution < -0.4 is 10.6 Å². The molecule has 2 aliphatic heterocycles. The number of hydrogen-bond acceptors (Lipinski definition) is 5. The molecule has 2 saturated heterocycles. The fourth-order valence-electron chi connectivity index (χ4n) is 4.21. The smallest absolute Gasteiger partial charge is 0.191 e. The molecular weight excluding hydrogens is 390 g/mol. The minimum absolute atomic E-state index is 0.248. The number of piperidine rings is 1. The van der Waals surface area contributed by atoms with Crippen molar-refractivity contribution in [3.63, 3.8) is 0 Å². The predicted molar refractivity (Wildman–Crippen MR) is 122 cm³/mol. The van der Waals surface area contributed by atoms with Crippen LogP contribution in [-0.4, -0.2) is 60.8 Å². The van der Waals surface area contributed by atoms with Crippen LogP contribution in [0, 0.1) is 0 Å². The second-order valence-corrected chi connectivity index (χ2v) is 8.45. The number of guanidine groups is 1. The van der Waals surface area contributed by atoms with Gasteiger partial charge in [0.25, 0.3) is 0 Å². The van der Waals surface area contributed by atoms with Crippen LogP contribution in [-0.2, 0) is 17.7 Å². The van der Waals surface area contributed by atoms with E-state index in [-0.39, 0.29) is 6.10 Å². The van der Waals surface area contributed by atoms with Gasteiger partial charge in [-0.05, 0) is 56.4 Å². The van der Waals surface area contributed by atoms with E-state index in [0.717, 1.165) is 75.9 Å². The molecule has 168 valence electrons. The molecule has 0 spiro atoms. The van der Waals surface area contributed by atoms with Crippen molar-refractivity contribution in [1.82, 2.24) is 20.5 Å². The van der Waals surface area contributed by atoms with E-state index in [2.05, 4.69) is 32.7 Å². The summed E-state index contributed by atoms with van der Waals surface area (Å²) in [6.07, 6.45) is 10.4. The molecule has 0 amide bonds. The van der Waals surface area contributed by atoms with Gasteiger partial charge in [-0.2, -0.15) is 0 Å². The molecule has 1 unspecified atom stereocenters. The van der Waals surface area contributed by atoms with E-state index in [4.69, 9.17) is 14.1 Å². The minimum Gasteiger partial charge on any atom is -0.469 e. The van der Waals surface area contributed by atoms with E-state index in [0.29, 0.717) is 12.6 Å². The van der Waals surface area contributed by atoms with E-state index in [1.54, 1.807) is 6.26 Å². The highest BCUT2D eigenvalue weighted by molar-refractivity contribution is 5.80. The molecule has 7 nitrogen and oxygen atoms in total. The van der Waals surface area contributed by atoms with Crippen LogP contribution in [0.2, 0.25) is 0 Å². The maximum absolute atomic E-state index is 5.86. The largest absolute Gasteiger partial charge is 0.469 e. The van der Waals surface area contributed by atoms with Gasteiger partial charge in [-0.25, -0.2) is 0 Å². The summed E-state index contributed by atoms with van der Waals surface area (Å²) in [5.41, 5.74) is 1.14. The molecule has 2 aromatic heterocycles. The van der Waals surface area contributed by atoms with Crippen molar-refractivity contribution in [3.8, 4) is 0 Å². The Morgan fingerprint density at radius 3 is 2.81 bits per heavy atom. The monoisotopic (exact) mass is 425 g/mol. The van der Waals surface area contributed by atoms with Crippen molar-refractivity contribution in [2.45, 2.75) is 57.2 Å². The molecule has 4 heterocycles. The zero-order valence-electron chi connectivity index (χ0n) is 18.3. The summed E-state index contributed by atoms with van der Waals surface area (Å²) in [6, 6.07) is 10.5. The predicted octanol–water partition coefficient (Wildman–Crippen LogP) is 2.99. The number of nitrogens with one attached hydrogen (secondary N) is 2. The lowest BCUT2D eigenvalue weighted by molar-refractivity contribution is 0.0224. The van der Waals surface area contributed by atoms with E-state index in [1.807, 2.05) is 24.4 Å². The van der Waals surface area contributed by atoms with Gasteiger partial charge in [0.2, 0.25) is 0 Å². The second kappa shape index (κ2) is 11.9. The van der Waals surface area contributed by atoms with E-state index in [9.17, 15) is 0 Å². The first-order valence-electron chi connectivity index (χ1n) is 11.7. The van der Waals surface area contributed by atoms with Crippen molar-refractivity contribution >= 4 is 5.96 Å². The van der Waals surface area contributed by atoms with Crippen LogP contribution in [0.3, 0.4) is 0 Å². The summed E-state index contributed by atoms with van der Waals surface area (Å²) in [7, 11) is 0. The Bertz CT molecular complexity index is 767. The number of aliphatic imine (C=N–C) groups is 1. The average Bonchev–Trinajstić information content (AvgIpc) is 3.34. The van der Waals surface area contributed by atoms with Gasteiger partial charge < -0.3 is 19.8 Å². The zero-order chi connectivity index (χ0) is 21.1. The number of hydrogen-bond donors (Lipinski definition) is 2. The van der Waals surface area contributed by atoms with Crippen LogP contribution in [0.15, 0.2) is 52.2 Å². The fourth-order valence-corrected chi connectivity index (χ4v) is 4.21. The van der Waals surface area contributed by atoms with Gasteiger partial charge in [0.05, 0.1) is 24.6 Å². The average molecular weight is 426 g/mol. The molecule has 2 N–H and O–H groups in total. The fraction of sp³-hybridized carbons (Fsp3) is 0.583. The molecule has 0 aromatic carbocycles. The number of rotatable bonds is 8. The first kappa shape index (κ1) is 21.8. The third-order valence-corrected chi connectivity index (χ3v) is 6.01. The Labute approximate surface area is 185 Å². The van der Waals surface area contributed by atoms with E-state index < -0.39 is 0 Å². The number of furan rings is 1. The summed E-state index contributed by atoms with van der Waals surface area (Å²) in [5.74, 6) is 1.88. The van der Waals surface area contributed by atoms with Gasteiger partial charge in [0, 0.05) is 51.4 Å². The molecular formula is C24H35N5O2. The van der Waals surface area contributed by atoms with E-state index in [1.165, 1.54) is 12.8 Å². The maximum atomic E-state index is 5.86. The highest BCUT2D eigenvalue weighted by Gasteiger charge is 2.21. The van der Waals surface area contributed by atoms with Crippen LogP contribution in [0.25, 0.3) is 0 Å².